The zero-order valence-corrected chi connectivity index (χ0v) is 16.9. The van der Waals surface area contributed by atoms with Crippen LogP contribution in [0.2, 0.25) is 0 Å². The molecule has 0 aliphatic carbocycles. The maximum Gasteiger partial charge on any atom is 0.203 e. The summed E-state index contributed by atoms with van der Waals surface area (Å²) in [4.78, 5) is 28.3. The Kier molecular flexibility index (Phi) is 6.02. The highest BCUT2D eigenvalue weighted by atomic mass is 16.5. The molecule has 0 spiro atoms. The van der Waals surface area contributed by atoms with E-state index in [1.54, 1.807) is 18.2 Å². The van der Waals surface area contributed by atoms with Gasteiger partial charge in [0.1, 0.15) is 5.78 Å². The van der Waals surface area contributed by atoms with Gasteiger partial charge in [0, 0.05) is 29.4 Å². The number of carbonyl (C=O) groups excluding carboxylic acids is 2. The summed E-state index contributed by atoms with van der Waals surface area (Å²) in [5.74, 6) is 0.953. The molecule has 150 valence electrons. The van der Waals surface area contributed by atoms with Crippen LogP contribution in [-0.4, -0.2) is 37.9 Å². The van der Waals surface area contributed by atoms with Crippen molar-refractivity contribution in [1.82, 2.24) is 4.98 Å². The number of Topliss-reactive ketones (excluding diaryl/α,β-unsaturated/α-hetero) is 1. The SMILES string of the molecule is COc1cc(C(=O)c2cc(-c3ccc[nH]3)ccc2CC(C)=O)cc(OC)c1OC. The van der Waals surface area contributed by atoms with Crippen molar-refractivity contribution < 1.29 is 23.8 Å². The summed E-state index contributed by atoms with van der Waals surface area (Å²) in [7, 11) is 4.50. The molecule has 0 bridgehead atoms. The monoisotopic (exact) mass is 393 g/mol. The molecule has 0 aliphatic heterocycles. The van der Waals surface area contributed by atoms with Gasteiger partial charge >= 0.3 is 0 Å². The van der Waals surface area contributed by atoms with E-state index in [1.807, 2.05) is 30.5 Å². The standard InChI is InChI=1S/C23H23NO5/c1-14(25)10-15-7-8-16(19-6-5-9-24-19)11-18(15)22(26)17-12-20(27-2)23(29-4)21(13-17)28-3/h5-9,11-13,24H,10H2,1-4H3. The van der Waals surface area contributed by atoms with Crippen LogP contribution >= 0.6 is 0 Å². The van der Waals surface area contributed by atoms with E-state index in [0.717, 1.165) is 11.3 Å². The molecule has 0 unspecified atom stereocenters. The Balaban J connectivity index is 2.14. The highest BCUT2D eigenvalue weighted by molar-refractivity contribution is 6.11. The van der Waals surface area contributed by atoms with Crippen LogP contribution in [0.4, 0.5) is 0 Å². The van der Waals surface area contributed by atoms with Gasteiger partial charge < -0.3 is 19.2 Å². The Morgan fingerprint density at radius 2 is 1.62 bits per heavy atom. The van der Waals surface area contributed by atoms with Crippen LogP contribution < -0.4 is 14.2 Å². The summed E-state index contributed by atoms with van der Waals surface area (Å²) < 4.78 is 16.1. The van der Waals surface area contributed by atoms with Gasteiger partial charge in [0.2, 0.25) is 5.75 Å². The lowest BCUT2D eigenvalue weighted by atomic mass is 9.92. The van der Waals surface area contributed by atoms with Crippen LogP contribution in [0.15, 0.2) is 48.7 Å². The lowest BCUT2D eigenvalue weighted by Crippen LogP contribution is -2.09. The van der Waals surface area contributed by atoms with Gasteiger partial charge in [-0.25, -0.2) is 0 Å². The van der Waals surface area contributed by atoms with E-state index in [4.69, 9.17) is 14.2 Å². The number of carbonyl (C=O) groups is 2. The summed E-state index contributed by atoms with van der Waals surface area (Å²) >= 11 is 0. The fraction of sp³-hybridized carbons (Fsp3) is 0.217. The second kappa shape index (κ2) is 8.65. The van der Waals surface area contributed by atoms with Crippen molar-refractivity contribution in [1.29, 1.82) is 0 Å². The molecule has 1 aromatic heterocycles. The molecule has 29 heavy (non-hydrogen) atoms. The Morgan fingerprint density at radius 3 is 2.14 bits per heavy atom. The largest absolute Gasteiger partial charge is 0.493 e. The number of nitrogens with one attached hydrogen (secondary N) is 1. The minimum atomic E-state index is -0.228. The quantitative estimate of drug-likeness (QED) is 0.584. The van der Waals surface area contributed by atoms with Crippen molar-refractivity contribution in [2.24, 2.45) is 0 Å². The fourth-order valence-electron chi connectivity index (χ4n) is 3.26. The maximum absolute atomic E-state index is 13.4. The number of methoxy groups -OCH3 is 3. The Labute approximate surface area is 169 Å². The van der Waals surface area contributed by atoms with Gasteiger partial charge in [0.05, 0.1) is 21.3 Å². The molecule has 3 rings (SSSR count). The summed E-state index contributed by atoms with van der Waals surface area (Å²) in [5, 5.41) is 0. The molecule has 0 atom stereocenters. The van der Waals surface area contributed by atoms with E-state index in [0.29, 0.717) is 33.9 Å². The predicted octanol–water partition coefficient (Wildman–Crippen LogP) is 4.07. The van der Waals surface area contributed by atoms with Crippen molar-refractivity contribution in [2.45, 2.75) is 13.3 Å². The van der Waals surface area contributed by atoms with Gasteiger partial charge in [-0.1, -0.05) is 12.1 Å². The second-order valence-corrected chi connectivity index (χ2v) is 6.58. The molecule has 0 radical (unpaired) electrons. The molecule has 6 heteroatoms. The van der Waals surface area contributed by atoms with Crippen LogP contribution in [-0.2, 0) is 11.2 Å². The first-order valence-corrected chi connectivity index (χ1v) is 9.09. The molecule has 3 aromatic rings. The third-order valence-electron chi connectivity index (χ3n) is 4.63. The van der Waals surface area contributed by atoms with Gasteiger partial charge in [-0.05, 0) is 48.4 Å². The molecule has 1 heterocycles. The smallest absolute Gasteiger partial charge is 0.203 e. The van der Waals surface area contributed by atoms with E-state index >= 15 is 0 Å². The maximum atomic E-state index is 13.4. The van der Waals surface area contributed by atoms with Gasteiger partial charge in [-0.3, -0.25) is 9.59 Å². The van der Waals surface area contributed by atoms with E-state index < -0.39 is 0 Å². The average molecular weight is 393 g/mol. The van der Waals surface area contributed by atoms with Crippen LogP contribution in [0.1, 0.15) is 28.4 Å². The van der Waals surface area contributed by atoms with Crippen molar-refractivity contribution >= 4 is 11.6 Å². The first-order chi connectivity index (χ1) is 14.0. The molecule has 0 amide bonds. The molecule has 6 nitrogen and oxygen atoms in total. The van der Waals surface area contributed by atoms with Crippen LogP contribution in [0, 0.1) is 0 Å². The van der Waals surface area contributed by atoms with Crippen LogP contribution in [0.3, 0.4) is 0 Å². The van der Waals surface area contributed by atoms with Crippen molar-refractivity contribution in [3.05, 3.63) is 65.4 Å². The normalized spacial score (nSPS) is 10.5. The van der Waals surface area contributed by atoms with Crippen LogP contribution in [0.25, 0.3) is 11.3 Å². The van der Waals surface area contributed by atoms with Gasteiger partial charge in [0.15, 0.2) is 17.3 Å². The number of ether oxygens (including phenoxy) is 3. The zero-order chi connectivity index (χ0) is 21.0. The lowest BCUT2D eigenvalue weighted by molar-refractivity contribution is -0.116. The van der Waals surface area contributed by atoms with E-state index in [2.05, 4.69) is 4.98 Å². The molecule has 1 N–H and O–H groups in total. The summed E-state index contributed by atoms with van der Waals surface area (Å²) in [6.07, 6.45) is 2.00. The lowest BCUT2D eigenvalue weighted by Gasteiger charge is -2.15. The number of hydrogen-bond acceptors (Lipinski definition) is 5. The summed E-state index contributed by atoms with van der Waals surface area (Å²) in [6, 6.07) is 12.6. The predicted molar refractivity (Wildman–Crippen MR) is 110 cm³/mol. The van der Waals surface area contributed by atoms with Crippen molar-refractivity contribution in [2.75, 3.05) is 21.3 Å². The number of aromatic nitrogens is 1. The molecular formula is C23H23NO5. The molecular weight excluding hydrogens is 370 g/mol. The number of rotatable bonds is 8. The molecule has 0 saturated heterocycles. The first kappa shape index (κ1) is 20.2. The minimum Gasteiger partial charge on any atom is -0.493 e. The van der Waals surface area contributed by atoms with E-state index in [1.165, 1.54) is 28.3 Å². The third-order valence-corrected chi connectivity index (χ3v) is 4.63. The Morgan fingerprint density at radius 1 is 0.931 bits per heavy atom. The minimum absolute atomic E-state index is 0.0171. The Hall–Kier alpha value is -3.54. The molecule has 0 aliphatic rings. The second-order valence-electron chi connectivity index (χ2n) is 6.58. The van der Waals surface area contributed by atoms with Gasteiger partial charge in [0.25, 0.3) is 0 Å². The molecule has 0 saturated carbocycles. The topological polar surface area (TPSA) is 77.6 Å². The summed E-state index contributed by atoms with van der Waals surface area (Å²) in [5.41, 5.74) is 3.26. The Bertz CT molecular complexity index is 1010. The number of H-pyrrole nitrogens is 1. The average Bonchev–Trinajstić information content (AvgIpc) is 3.26. The number of aromatic amines is 1. The summed E-state index contributed by atoms with van der Waals surface area (Å²) in [6.45, 7) is 1.51. The highest BCUT2D eigenvalue weighted by Crippen LogP contribution is 2.39. The van der Waals surface area contributed by atoms with E-state index in [9.17, 15) is 9.59 Å². The zero-order valence-electron chi connectivity index (χ0n) is 16.9. The number of hydrogen-bond donors (Lipinski definition) is 1. The fourth-order valence-corrected chi connectivity index (χ4v) is 3.26. The van der Waals surface area contributed by atoms with Gasteiger partial charge in [-0.2, -0.15) is 0 Å². The number of ketones is 2. The van der Waals surface area contributed by atoms with Crippen molar-refractivity contribution in [3.8, 4) is 28.5 Å². The third kappa shape index (κ3) is 4.16. The van der Waals surface area contributed by atoms with Crippen molar-refractivity contribution in [3.63, 3.8) is 0 Å². The highest BCUT2D eigenvalue weighted by Gasteiger charge is 2.21. The molecule has 0 fully saturated rings. The first-order valence-electron chi connectivity index (χ1n) is 9.09. The number of benzene rings is 2. The van der Waals surface area contributed by atoms with Gasteiger partial charge in [-0.15, -0.1) is 0 Å². The molecule has 2 aromatic carbocycles. The van der Waals surface area contributed by atoms with E-state index in [-0.39, 0.29) is 18.0 Å². The van der Waals surface area contributed by atoms with Crippen LogP contribution in [0.5, 0.6) is 17.2 Å².